The van der Waals surface area contributed by atoms with Gasteiger partial charge < -0.3 is 10.8 Å². The topological polar surface area (TPSA) is 46.2 Å². The van der Waals surface area contributed by atoms with Crippen LogP contribution in [0.15, 0.2) is 0 Å². The van der Waals surface area contributed by atoms with E-state index in [1.165, 1.54) is 0 Å². The average molecular weight is 161 g/mol. The van der Waals surface area contributed by atoms with Gasteiger partial charge in [0.25, 0.3) is 0 Å². The van der Waals surface area contributed by atoms with Gasteiger partial charge in [-0.05, 0) is 18.6 Å². The van der Waals surface area contributed by atoms with Crippen molar-refractivity contribution in [3.8, 4) is 0 Å². The molecule has 60 valence electrons. The Kier molecular flexibility index (Phi) is 2.61. The molecular formula is C7H15NOS. The largest absolute Gasteiger partial charge is 0.387 e. The minimum atomic E-state index is -0.527. The lowest BCUT2D eigenvalue weighted by Crippen LogP contribution is -2.55. The Balaban J connectivity index is 2.34. The van der Waals surface area contributed by atoms with E-state index in [0.717, 1.165) is 18.6 Å². The highest BCUT2D eigenvalue weighted by molar-refractivity contribution is 8.00. The summed E-state index contributed by atoms with van der Waals surface area (Å²) in [5.41, 5.74) is 4.90. The lowest BCUT2D eigenvalue weighted by molar-refractivity contribution is -0.0158. The molecular weight excluding hydrogens is 146 g/mol. The van der Waals surface area contributed by atoms with E-state index in [1.54, 1.807) is 0 Å². The van der Waals surface area contributed by atoms with E-state index in [2.05, 4.69) is 6.92 Å². The Labute approximate surface area is 66.2 Å². The summed E-state index contributed by atoms with van der Waals surface area (Å²) < 4.78 is 0. The molecule has 10 heavy (non-hydrogen) atoms. The molecule has 0 aromatic heterocycles. The van der Waals surface area contributed by atoms with Gasteiger partial charge in [-0.15, -0.1) is 0 Å². The third kappa shape index (κ3) is 1.31. The van der Waals surface area contributed by atoms with Gasteiger partial charge in [-0.3, -0.25) is 0 Å². The molecule has 0 unspecified atom stereocenters. The van der Waals surface area contributed by atoms with Crippen LogP contribution >= 0.6 is 11.8 Å². The van der Waals surface area contributed by atoms with Crippen molar-refractivity contribution in [1.82, 2.24) is 0 Å². The van der Waals surface area contributed by atoms with E-state index < -0.39 is 5.60 Å². The first-order valence-corrected chi connectivity index (χ1v) is 4.82. The second-order valence-corrected chi connectivity index (χ2v) is 4.27. The standard InChI is InChI=1S/C7H15NOS/c1-2-10-6-3-4-7(6,9)5-8/h6,9H,2-5,8H2,1H3/t6-,7-/m1/s1. The van der Waals surface area contributed by atoms with Gasteiger partial charge in [-0.2, -0.15) is 11.8 Å². The molecule has 0 spiro atoms. The molecule has 1 aliphatic carbocycles. The predicted octanol–water partition coefficient (Wildman–Crippen LogP) is 0.592. The molecule has 3 heteroatoms. The fourth-order valence-electron chi connectivity index (χ4n) is 1.27. The highest BCUT2D eigenvalue weighted by Gasteiger charge is 2.43. The van der Waals surface area contributed by atoms with E-state index in [1.807, 2.05) is 11.8 Å². The van der Waals surface area contributed by atoms with Gasteiger partial charge in [0, 0.05) is 11.8 Å². The number of thioether (sulfide) groups is 1. The third-order valence-corrected chi connectivity index (χ3v) is 3.57. The Morgan fingerprint density at radius 3 is 2.80 bits per heavy atom. The Morgan fingerprint density at radius 2 is 2.50 bits per heavy atom. The molecule has 0 aliphatic heterocycles. The maximum atomic E-state index is 9.66. The lowest BCUT2D eigenvalue weighted by atomic mass is 9.80. The predicted molar refractivity (Wildman–Crippen MR) is 45.2 cm³/mol. The molecule has 0 aromatic rings. The summed E-state index contributed by atoms with van der Waals surface area (Å²) in [5.74, 6) is 1.08. The quantitative estimate of drug-likeness (QED) is 0.637. The minimum absolute atomic E-state index is 0.405. The summed E-state index contributed by atoms with van der Waals surface area (Å²) in [6.07, 6.45) is 2.02. The number of rotatable bonds is 3. The zero-order valence-electron chi connectivity index (χ0n) is 6.34. The molecule has 0 bridgehead atoms. The van der Waals surface area contributed by atoms with Crippen LogP contribution in [0.3, 0.4) is 0 Å². The van der Waals surface area contributed by atoms with Crippen molar-refractivity contribution < 1.29 is 5.11 Å². The number of hydrogen-bond acceptors (Lipinski definition) is 3. The third-order valence-electron chi connectivity index (χ3n) is 2.16. The van der Waals surface area contributed by atoms with Crippen molar-refractivity contribution in [3.05, 3.63) is 0 Å². The van der Waals surface area contributed by atoms with Gasteiger partial charge >= 0.3 is 0 Å². The zero-order chi connectivity index (χ0) is 7.61. The van der Waals surface area contributed by atoms with Crippen LogP contribution in [0.1, 0.15) is 19.8 Å². The van der Waals surface area contributed by atoms with E-state index in [4.69, 9.17) is 5.73 Å². The smallest absolute Gasteiger partial charge is 0.0887 e. The summed E-state index contributed by atoms with van der Waals surface area (Å²) in [5, 5.41) is 10.1. The normalized spacial score (nSPS) is 39.3. The van der Waals surface area contributed by atoms with E-state index in [-0.39, 0.29) is 0 Å². The van der Waals surface area contributed by atoms with Crippen molar-refractivity contribution in [1.29, 1.82) is 0 Å². The first-order chi connectivity index (χ1) is 4.73. The Bertz CT molecular complexity index is 116. The molecule has 1 aliphatic rings. The zero-order valence-corrected chi connectivity index (χ0v) is 7.16. The molecule has 0 aromatic carbocycles. The van der Waals surface area contributed by atoms with Gasteiger partial charge in [-0.25, -0.2) is 0 Å². The highest BCUT2D eigenvalue weighted by atomic mass is 32.2. The van der Waals surface area contributed by atoms with Gasteiger partial charge in [0.15, 0.2) is 0 Å². The van der Waals surface area contributed by atoms with Gasteiger partial charge in [0.05, 0.1) is 5.60 Å². The number of hydrogen-bond donors (Lipinski definition) is 2. The molecule has 3 N–H and O–H groups in total. The molecule has 0 radical (unpaired) electrons. The monoisotopic (exact) mass is 161 g/mol. The first kappa shape index (κ1) is 8.37. The van der Waals surface area contributed by atoms with Crippen LogP contribution in [0.4, 0.5) is 0 Å². The van der Waals surface area contributed by atoms with Gasteiger partial charge in [-0.1, -0.05) is 6.92 Å². The van der Waals surface area contributed by atoms with Crippen LogP contribution in [0.25, 0.3) is 0 Å². The minimum Gasteiger partial charge on any atom is -0.387 e. The summed E-state index contributed by atoms with van der Waals surface area (Å²) in [4.78, 5) is 0. The van der Waals surface area contributed by atoms with Crippen molar-refractivity contribution in [2.45, 2.75) is 30.6 Å². The summed E-state index contributed by atoms with van der Waals surface area (Å²) >= 11 is 1.82. The summed E-state index contributed by atoms with van der Waals surface area (Å²) in [7, 11) is 0. The maximum absolute atomic E-state index is 9.66. The number of aliphatic hydroxyl groups is 1. The van der Waals surface area contributed by atoms with Crippen molar-refractivity contribution in [2.24, 2.45) is 5.73 Å². The second kappa shape index (κ2) is 3.11. The Morgan fingerprint density at radius 1 is 1.80 bits per heavy atom. The van der Waals surface area contributed by atoms with E-state index in [0.29, 0.717) is 11.8 Å². The van der Waals surface area contributed by atoms with Crippen molar-refractivity contribution in [3.63, 3.8) is 0 Å². The van der Waals surface area contributed by atoms with Crippen LogP contribution in [0, 0.1) is 0 Å². The van der Waals surface area contributed by atoms with Crippen LogP contribution in [-0.2, 0) is 0 Å². The fraction of sp³-hybridized carbons (Fsp3) is 1.00. The summed E-state index contributed by atoms with van der Waals surface area (Å²) in [6, 6.07) is 0. The van der Waals surface area contributed by atoms with E-state index >= 15 is 0 Å². The highest BCUT2D eigenvalue weighted by Crippen LogP contribution is 2.40. The fourth-order valence-corrected chi connectivity index (χ4v) is 2.48. The average Bonchev–Trinajstić information content (AvgIpc) is 1.96. The number of nitrogens with two attached hydrogens (primary N) is 1. The van der Waals surface area contributed by atoms with Crippen molar-refractivity contribution in [2.75, 3.05) is 12.3 Å². The second-order valence-electron chi connectivity index (χ2n) is 2.79. The first-order valence-electron chi connectivity index (χ1n) is 3.77. The molecule has 2 nitrogen and oxygen atoms in total. The molecule has 1 saturated carbocycles. The van der Waals surface area contributed by atoms with Crippen LogP contribution in [0.2, 0.25) is 0 Å². The van der Waals surface area contributed by atoms with Gasteiger partial charge in [0.2, 0.25) is 0 Å². The molecule has 2 atom stereocenters. The van der Waals surface area contributed by atoms with Crippen LogP contribution in [-0.4, -0.2) is 28.3 Å². The molecule has 0 amide bonds. The van der Waals surface area contributed by atoms with Crippen LogP contribution in [0.5, 0.6) is 0 Å². The lowest BCUT2D eigenvalue weighted by Gasteiger charge is -2.44. The van der Waals surface area contributed by atoms with Crippen molar-refractivity contribution >= 4 is 11.8 Å². The Hall–Kier alpha value is 0.270. The van der Waals surface area contributed by atoms with Crippen LogP contribution < -0.4 is 5.73 Å². The van der Waals surface area contributed by atoms with Gasteiger partial charge in [0.1, 0.15) is 0 Å². The SMILES string of the molecule is CCS[C@@H]1CC[C@@]1(O)CN. The molecule has 0 saturated heterocycles. The maximum Gasteiger partial charge on any atom is 0.0887 e. The summed E-state index contributed by atoms with van der Waals surface area (Å²) in [6.45, 7) is 2.53. The van der Waals surface area contributed by atoms with E-state index in [9.17, 15) is 5.11 Å². The molecule has 1 rings (SSSR count). The molecule has 0 heterocycles. The molecule has 1 fully saturated rings.